The monoisotopic (exact) mass is 383 g/mol. The number of anilines is 1. The summed E-state index contributed by atoms with van der Waals surface area (Å²) >= 11 is 0. The van der Waals surface area contributed by atoms with E-state index in [1.165, 1.54) is 12.1 Å². The van der Waals surface area contributed by atoms with Gasteiger partial charge in [-0.15, -0.1) is 0 Å². The standard InChI is InChI=1S/C23H26FNO3/c1-15-6-7-16(2)20(14-15)25-21(26)17(3)28-22(27)23(12-4-5-13-23)18-8-10-19(24)11-9-18/h6-11,14,17H,4-5,12-13H2,1-3H3,(H,25,26)/t17-/m0/s1. The third kappa shape index (κ3) is 4.08. The number of ether oxygens (including phenoxy) is 1. The summed E-state index contributed by atoms with van der Waals surface area (Å²) in [5.41, 5.74) is 2.63. The largest absolute Gasteiger partial charge is 0.452 e. The Labute approximate surface area is 165 Å². The van der Waals surface area contributed by atoms with Crippen LogP contribution in [0.1, 0.15) is 49.3 Å². The van der Waals surface area contributed by atoms with Crippen molar-refractivity contribution in [1.29, 1.82) is 0 Å². The number of hydrogen-bond acceptors (Lipinski definition) is 3. The molecule has 148 valence electrons. The molecule has 2 aromatic carbocycles. The Hall–Kier alpha value is -2.69. The number of carbonyl (C=O) groups excluding carboxylic acids is 2. The second-order valence-corrected chi connectivity index (χ2v) is 7.65. The smallest absolute Gasteiger partial charge is 0.317 e. The van der Waals surface area contributed by atoms with Gasteiger partial charge in [-0.1, -0.05) is 37.1 Å². The van der Waals surface area contributed by atoms with Crippen molar-refractivity contribution in [1.82, 2.24) is 0 Å². The molecule has 2 aromatic rings. The number of benzene rings is 2. The minimum Gasteiger partial charge on any atom is -0.452 e. The number of halogens is 1. The van der Waals surface area contributed by atoms with Crippen LogP contribution in [0.4, 0.5) is 10.1 Å². The van der Waals surface area contributed by atoms with Crippen LogP contribution in [0.3, 0.4) is 0 Å². The highest BCUT2D eigenvalue weighted by molar-refractivity contribution is 5.96. The first-order chi connectivity index (χ1) is 13.3. The zero-order chi connectivity index (χ0) is 20.3. The molecule has 0 bridgehead atoms. The van der Waals surface area contributed by atoms with Gasteiger partial charge in [0.15, 0.2) is 6.10 Å². The number of nitrogens with one attached hydrogen (secondary N) is 1. The van der Waals surface area contributed by atoms with Crippen molar-refractivity contribution in [2.45, 2.75) is 58.0 Å². The summed E-state index contributed by atoms with van der Waals surface area (Å²) in [5.74, 6) is -1.12. The fraction of sp³-hybridized carbons (Fsp3) is 0.391. The molecule has 0 aliphatic heterocycles. The van der Waals surface area contributed by atoms with Crippen LogP contribution in [-0.4, -0.2) is 18.0 Å². The number of carbonyl (C=O) groups is 2. The highest BCUT2D eigenvalue weighted by Gasteiger charge is 2.45. The van der Waals surface area contributed by atoms with Crippen molar-refractivity contribution in [2.24, 2.45) is 0 Å². The van der Waals surface area contributed by atoms with Gasteiger partial charge >= 0.3 is 5.97 Å². The van der Waals surface area contributed by atoms with Crippen LogP contribution in [0.15, 0.2) is 42.5 Å². The van der Waals surface area contributed by atoms with Crippen molar-refractivity contribution in [3.8, 4) is 0 Å². The van der Waals surface area contributed by atoms with Crippen LogP contribution >= 0.6 is 0 Å². The first kappa shape index (κ1) is 20.1. The van der Waals surface area contributed by atoms with Gasteiger partial charge in [0.05, 0.1) is 5.41 Å². The van der Waals surface area contributed by atoms with E-state index < -0.39 is 17.5 Å². The summed E-state index contributed by atoms with van der Waals surface area (Å²) in [7, 11) is 0. The van der Waals surface area contributed by atoms with Crippen LogP contribution in [0.25, 0.3) is 0 Å². The molecule has 1 aliphatic carbocycles. The molecule has 3 rings (SSSR count). The summed E-state index contributed by atoms with van der Waals surface area (Å²) in [6.07, 6.45) is 2.15. The second-order valence-electron chi connectivity index (χ2n) is 7.65. The Morgan fingerprint density at radius 2 is 1.71 bits per heavy atom. The first-order valence-electron chi connectivity index (χ1n) is 9.67. The molecule has 1 fully saturated rings. The van der Waals surface area contributed by atoms with Gasteiger partial charge in [0.25, 0.3) is 5.91 Å². The minimum atomic E-state index is -0.926. The molecule has 0 aromatic heterocycles. The molecule has 0 unspecified atom stereocenters. The van der Waals surface area contributed by atoms with Crippen LogP contribution in [0.2, 0.25) is 0 Å². The van der Waals surface area contributed by atoms with Gasteiger partial charge < -0.3 is 10.1 Å². The van der Waals surface area contributed by atoms with Crippen molar-refractivity contribution in [3.63, 3.8) is 0 Å². The zero-order valence-corrected chi connectivity index (χ0v) is 16.5. The number of rotatable bonds is 5. The lowest BCUT2D eigenvalue weighted by Gasteiger charge is -2.28. The summed E-state index contributed by atoms with van der Waals surface area (Å²) in [4.78, 5) is 25.6. The molecule has 4 nitrogen and oxygen atoms in total. The Morgan fingerprint density at radius 1 is 1.07 bits per heavy atom. The van der Waals surface area contributed by atoms with E-state index in [1.54, 1.807) is 19.1 Å². The van der Waals surface area contributed by atoms with Crippen molar-refractivity contribution in [3.05, 3.63) is 65.0 Å². The van der Waals surface area contributed by atoms with Gasteiger partial charge in [-0.2, -0.15) is 0 Å². The molecule has 1 atom stereocenters. The molecule has 1 N–H and O–H groups in total. The van der Waals surface area contributed by atoms with Gasteiger partial charge in [-0.3, -0.25) is 9.59 Å². The number of esters is 1. The van der Waals surface area contributed by atoms with Gasteiger partial charge in [-0.25, -0.2) is 4.39 Å². The molecular weight excluding hydrogens is 357 g/mol. The van der Waals surface area contributed by atoms with E-state index in [2.05, 4.69) is 5.32 Å². The zero-order valence-electron chi connectivity index (χ0n) is 16.5. The topological polar surface area (TPSA) is 55.4 Å². The van der Waals surface area contributed by atoms with E-state index in [0.717, 1.165) is 29.5 Å². The lowest BCUT2D eigenvalue weighted by Crippen LogP contribution is -2.40. The minimum absolute atomic E-state index is 0.341. The summed E-state index contributed by atoms with van der Waals surface area (Å²) < 4.78 is 18.9. The first-order valence-corrected chi connectivity index (χ1v) is 9.67. The van der Waals surface area contributed by atoms with Crippen LogP contribution in [0.5, 0.6) is 0 Å². The average molecular weight is 383 g/mol. The Kier molecular flexibility index (Phi) is 5.82. The number of amides is 1. The molecule has 0 heterocycles. The van der Waals surface area contributed by atoms with Crippen molar-refractivity contribution < 1.29 is 18.7 Å². The van der Waals surface area contributed by atoms with E-state index in [1.807, 2.05) is 32.0 Å². The fourth-order valence-corrected chi connectivity index (χ4v) is 3.79. The highest BCUT2D eigenvalue weighted by Crippen LogP contribution is 2.42. The molecule has 5 heteroatoms. The Morgan fingerprint density at radius 3 is 2.36 bits per heavy atom. The predicted octanol–water partition coefficient (Wildman–Crippen LogP) is 4.82. The van der Waals surface area contributed by atoms with Crippen molar-refractivity contribution >= 4 is 17.6 Å². The van der Waals surface area contributed by atoms with E-state index in [9.17, 15) is 14.0 Å². The number of hydrogen-bond donors (Lipinski definition) is 1. The SMILES string of the molecule is Cc1ccc(C)c(NC(=O)[C@H](C)OC(=O)C2(c3ccc(F)cc3)CCCC2)c1. The predicted molar refractivity (Wildman–Crippen MR) is 107 cm³/mol. The maximum Gasteiger partial charge on any atom is 0.317 e. The third-order valence-electron chi connectivity index (χ3n) is 5.55. The van der Waals surface area contributed by atoms with E-state index >= 15 is 0 Å². The van der Waals surface area contributed by atoms with E-state index in [0.29, 0.717) is 18.5 Å². The van der Waals surface area contributed by atoms with Crippen molar-refractivity contribution in [2.75, 3.05) is 5.32 Å². The average Bonchev–Trinajstić information content (AvgIpc) is 3.16. The molecule has 0 spiro atoms. The molecule has 0 radical (unpaired) electrons. The second kappa shape index (κ2) is 8.13. The maximum absolute atomic E-state index is 13.3. The summed E-state index contributed by atoms with van der Waals surface area (Å²) in [6.45, 7) is 5.44. The van der Waals surface area contributed by atoms with E-state index in [4.69, 9.17) is 4.74 Å². The molecule has 1 saturated carbocycles. The molecule has 0 saturated heterocycles. The third-order valence-corrected chi connectivity index (χ3v) is 5.55. The van der Waals surface area contributed by atoms with Gasteiger partial charge in [-0.05, 0) is 68.5 Å². The maximum atomic E-state index is 13.3. The Balaban J connectivity index is 1.73. The fourth-order valence-electron chi connectivity index (χ4n) is 3.79. The number of aryl methyl sites for hydroxylation is 2. The summed E-state index contributed by atoms with van der Waals surface area (Å²) in [6, 6.07) is 11.8. The van der Waals surface area contributed by atoms with Gasteiger partial charge in [0.2, 0.25) is 0 Å². The highest BCUT2D eigenvalue weighted by atomic mass is 19.1. The van der Waals surface area contributed by atoms with Gasteiger partial charge in [0.1, 0.15) is 5.82 Å². The van der Waals surface area contributed by atoms with Gasteiger partial charge in [0, 0.05) is 5.69 Å². The van der Waals surface area contributed by atoms with Crippen LogP contribution in [0, 0.1) is 19.7 Å². The quantitative estimate of drug-likeness (QED) is 0.753. The molecule has 28 heavy (non-hydrogen) atoms. The van der Waals surface area contributed by atoms with E-state index in [-0.39, 0.29) is 11.7 Å². The summed E-state index contributed by atoms with van der Waals surface area (Å²) in [5, 5.41) is 2.84. The molecule has 1 amide bonds. The molecular formula is C23H26FNO3. The van der Waals surface area contributed by atoms with Crippen LogP contribution in [-0.2, 0) is 19.7 Å². The molecule has 1 aliphatic rings. The Bertz CT molecular complexity index is 870. The van der Waals surface area contributed by atoms with Crippen LogP contribution < -0.4 is 5.32 Å². The lowest BCUT2D eigenvalue weighted by atomic mass is 9.79. The lowest BCUT2D eigenvalue weighted by molar-refractivity contribution is -0.159. The normalized spacial score (nSPS) is 16.4.